The van der Waals surface area contributed by atoms with E-state index in [4.69, 9.17) is 4.52 Å². The fourth-order valence-corrected chi connectivity index (χ4v) is 3.47. The Balaban J connectivity index is 0.00000182. The Hall–Kier alpha value is -1.87. The summed E-state index contributed by atoms with van der Waals surface area (Å²) in [7, 11) is 2.05. The minimum atomic E-state index is -0.262. The van der Waals surface area contributed by atoms with Gasteiger partial charge in [-0.05, 0) is 31.3 Å². The Morgan fingerprint density at radius 1 is 1.28 bits per heavy atom. The molecule has 1 aromatic carbocycles. The molecule has 3 aromatic rings. The van der Waals surface area contributed by atoms with Crippen LogP contribution in [0.1, 0.15) is 11.9 Å². The highest BCUT2D eigenvalue weighted by molar-refractivity contribution is 7.13. The molecule has 1 atom stereocenters. The normalized spacial score (nSPS) is 18.1. The molecule has 0 amide bonds. The van der Waals surface area contributed by atoms with E-state index in [1.165, 1.54) is 23.5 Å². The first-order valence-corrected chi connectivity index (χ1v) is 8.55. The monoisotopic (exact) mass is 381 g/mol. The van der Waals surface area contributed by atoms with Crippen LogP contribution in [0.5, 0.6) is 0 Å². The number of piperazine rings is 1. The lowest BCUT2D eigenvalue weighted by atomic mass is 10.2. The Morgan fingerprint density at radius 3 is 2.84 bits per heavy atom. The average molecular weight is 382 g/mol. The van der Waals surface area contributed by atoms with E-state index in [-0.39, 0.29) is 24.3 Å². The lowest BCUT2D eigenvalue weighted by molar-refractivity contribution is 0.190. The van der Waals surface area contributed by atoms with Crippen LogP contribution in [-0.2, 0) is 0 Å². The largest absolute Gasteiger partial charge is 0.332 e. The third-order valence-corrected chi connectivity index (χ3v) is 4.96. The van der Waals surface area contributed by atoms with Crippen molar-refractivity contribution in [3.63, 3.8) is 0 Å². The number of likely N-dealkylation sites (N-methyl/N-ethyl adjacent to an activating group) is 1. The van der Waals surface area contributed by atoms with Crippen molar-refractivity contribution in [2.75, 3.05) is 26.7 Å². The van der Waals surface area contributed by atoms with Crippen LogP contribution in [0.4, 0.5) is 4.39 Å². The van der Waals surface area contributed by atoms with Crippen LogP contribution in [0, 0.1) is 5.82 Å². The van der Waals surface area contributed by atoms with Crippen molar-refractivity contribution in [1.82, 2.24) is 25.3 Å². The summed E-state index contributed by atoms with van der Waals surface area (Å²) in [4.78, 5) is 11.2. The first-order valence-electron chi connectivity index (χ1n) is 7.67. The second-order valence-electron chi connectivity index (χ2n) is 5.70. The third kappa shape index (κ3) is 3.72. The first kappa shape index (κ1) is 17.9. The molecule has 1 aliphatic rings. The van der Waals surface area contributed by atoms with Crippen LogP contribution in [0.2, 0.25) is 0 Å². The van der Waals surface area contributed by atoms with Crippen molar-refractivity contribution in [3.05, 3.63) is 41.3 Å². The Labute approximate surface area is 154 Å². The van der Waals surface area contributed by atoms with Crippen molar-refractivity contribution in [2.24, 2.45) is 0 Å². The van der Waals surface area contributed by atoms with Crippen molar-refractivity contribution >= 4 is 23.7 Å². The molecule has 1 aliphatic heterocycles. The van der Waals surface area contributed by atoms with Crippen LogP contribution in [0.15, 0.2) is 34.2 Å². The summed E-state index contributed by atoms with van der Waals surface area (Å²) < 4.78 is 18.4. The highest BCUT2D eigenvalue weighted by Crippen LogP contribution is 2.29. The zero-order valence-corrected chi connectivity index (χ0v) is 15.1. The average Bonchev–Trinajstić information content (AvgIpc) is 3.25. The molecule has 4 rings (SSSR count). The van der Waals surface area contributed by atoms with E-state index in [1.807, 2.05) is 5.38 Å². The molecule has 0 radical (unpaired) electrons. The molecule has 0 aliphatic carbocycles. The van der Waals surface area contributed by atoms with Gasteiger partial charge in [-0.15, -0.1) is 23.7 Å². The van der Waals surface area contributed by atoms with E-state index in [9.17, 15) is 4.39 Å². The SMILES string of the molecule is CN1CCNCC1c1noc(-c2csc(-c3ccc(F)cc3)n2)n1.Cl. The maximum absolute atomic E-state index is 13.0. The smallest absolute Gasteiger partial charge is 0.277 e. The number of hydrogen-bond acceptors (Lipinski definition) is 7. The third-order valence-electron chi connectivity index (χ3n) is 4.07. The molecule has 1 saturated heterocycles. The van der Waals surface area contributed by atoms with Gasteiger partial charge in [-0.25, -0.2) is 9.37 Å². The molecule has 0 bridgehead atoms. The quantitative estimate of drug-likeness (QED) is 0.752. The van der Waals surface area contributed by atoms with E-state index >= 15 is 0 Å². The molecule has 3 heterocycles. The maximum atomic E-state index is 13.0. The zero-order chi connectivity index (χ0) is 16.5. The summed E-state index contributed by atoms with van der Waals surface area (Å²) in [5, 5.41) is 10.1. The van der Waals surface area contributed by atoms with E-state index in [0.29, 0.717) is 17.4 Å². The molecule has 1 fully saturated rings. The number of thiazole rings is 1. The van der Waals surface area contributed by atoms with Gasteiger partial charge in [0, 0.05) is 30.6 Å². The zero-order valence-electron chi connectivity index (χ0n) is 13.5. The van der Waals surface area contributed by atoms with E-state index in [1.54, 1.807) is 12.1 Å². The van der Waals surface area contributed by atoms with Crippen molar-refractivity contribution in [2.45, 2.75) is 6.04 Å². The number of halogens is 2. The minimum Gasteiger partial charge on any atom is -0.332 e. The second-order valence-corrected chi connectivity index (χ2v) is 6.56. The van der Waals surface area contributed by atoms with Crippen LogP contribution in [0.25, 0.3) is 22.2 Å². The molecule has 9 heteroatoms. The molecule has 2 aromatic heterocycles. The number of hydrogen-bond donors (Lipinski definition) is 1. The highest BCUT2D eigenvalue weighted by atomic mass is 35.5. The summed E-state index contributed by atoms with van der Waals surface area (Å²) in [6, 6.07) is 6.37. The Bertz CT molecular complexity index is 837. The van der Waals surface area contributed by atoms with Gasteiger partial charge >= 0.3 is 0 Å². The molecule has 6 nitrogen and oxygen atoms in total. The molecule has 132 valence electrons. The van der Waals surface area contributed by atoms with Gasteiger partial charge in [0.05, 0.1) is 6.04 Å². The molecule has 0 spiro atoms. The van der Waals surface area contributed by atoms with Gasteiger partial charge in [0.1, 0.15) is 16.5 Å². The van der Waals surface area contributed by atoms with Crippen molar-refractivity contribution < 1.29 is 8.91 Å². The standard InChI is InChI=1S/C16H16FN5OS.ClH/c1-22-7-6-18-8-13(22)14-20-15(23-21-14)12-9-24-16(19-12)10-2-4-11(17)5-3-10;/h2-5,9,13,18H,6-8H2,1H3;1H. The predicted octanol–water partition coefficient (Wildman–Crippen LogP) is 3.00. The van der Waals surface area contributed by atoms with Crippen LogP contribution >= 0.6 is 23.7 Å². The van der Waals surface area contributed by atoms with Crippen molar-refractivity contribution in [1.29, 1.82) is 0 Å². The summed E-state index contributed by atoms with van der Waals surface area (Å²) >= 11 is 1.46. The van der Waals surface area contributed by atoms with Crippen LogP contribution in [-0.4, -0.2) is 46.7 Å². The Kier molecular flexibility index (Phi) is 5.43. The summed E-state index contributed by atoms with van der Waals surface area (Å²) in [5.41, 5.74) is 1.51. The van der Waals surface area contributed by atoms with Crippen LogP contribution in [0.3, 0.4) is 0 Å². The van der Waals surface area contributed by atoms with Crippen LogP contribution < -0.4 is 5.32 Å². The Morgan fingerprint density at radius 2 is 2.08 bits per heavy atom. The molecule has 25 heavy (non-hydrogen) atoms. The lowest BCUT2D eigenvalue weighted by Crippen LogP contribution is -2.44. The number of rotatable bonds is 3. The number of benzene rings is 1. The number of nitrogens with zero attached hydrogens (tertiary/aromatic N) is 4. The molecular weight excluding hydrogens is 365 g/mol. The van der Waals surface area contributed by atoms with Gasteiger partial charge in [0.2, 0.25) is 0 Å². The van der Waals surface area contributed by atoms with Crippen molar-refractivity contribution in [3.8, 4) is 22.2 Å². The molecule has 1 N–H and O–H groups in total. The maximum Gasteiger partial charge on any atom is 0.277 e. The second kappa shape index (κ2) is 7.57. The minimum absolute atomic E-state index is 0. The van der Waals surface area contributed by atoms with Gasteiger partial charge in [0.15, 0.2) is 5.82 Å². The van der Waals surface area contributed by atoms with Gasteiger partial charge in [-0.2, -0.15) is 4.98 Å². The topological polar surface area (TPSA) is 67.1 Å². The van der Waals surface area contributed by atoms with Gasteiger partial charge in [-0.1, -0.05) is 5.16 Å². The summed E-state index contributed by atoms with van der Waals surface area (Å²) in [5.74, 6) is 0.812. The van der Waals surface area contributed by atoms with Gasteiger partial charge in [0.25, 0.3) is 5.89 Å². The lowest BCUT2D eigenvalue weighted by Gasteiger charge is -2.30. The van der Waals surface area contributed by atoms with Gasteiger partial charge in [-0.3, -0.25) is 4.90 Å². The fourth-order valence-electron chi connectivity index (χ4n) is 2.67. The van der Waals surface area contributed by atoms with E-state index in [2.05, 4.69) is 32.4 Å². The predicted molar refractivity (Wildman–Crippen MR) is 96.3 cm³/mol. The number of aromatic nitrogens is 3. The first-order chi connectivity index (χ1) is 11.7. The molecule has 0 saturated carbocycles. The highest BCUT2D eigenvalue weighted by Gasteiger charge is 2.26. The van der Waals surface area contributed by atoms with E-state index < -0.39 is 0 Å². The fraction of sp³-hybridized carbons (Fsp3) is 0.312. The van der Waals surface area contributed by atoms with Gasteiger partial charge < -0.3 is 9.84 Å². The summed E-state index contributed by atoms with van der Waals surface area (Å²) in [6.07, 6.45) is 0. The number of nitrogens with one attached hydrogen (secondary N) is 1. The molecular formula is C16H17ClFN5OS. The van der Waals surface area contributed by atoms with E-state index in [0.717, 1.165) is 30.2 Å². The molecule has 1 unspecified atom stereocenters. The summed E-state index contributed by atoms with van der Waals surface area (Å²) in [6.45, 7) is 2.71.